The van der Waals surface area contributed by atoms with Crippen LogP contribution in [-0.4, -0.2) is 11.1 Å². The number of carbonyl (C=O) groups excluding carboxylic acids is 2. The molecule has 0 aromatic heterocycles. The van der Waals surface area contributed by atoms with E-state index in [2.05, 4.69) is 0 Å². The first-order chi connectivity index (χ1) is 14.4. The van der Waals surface area contributed by atoms with Crippen molar-refractivity contribution in [1.29, 1.82) is 5.26 Å². The number of nitrogens with one attached hydrogen (secondary N) is 1. The second kappa shape index (κ2) is 7.99. The lowest BCUT2D eigenvalue weighted by molar-refractivity contribution is -0.139. The smallest absolute Gasteiger partial charge is 0.420 e. The lowest BCUT2D eigenvalue weighted by Crippen LogP contribution is -2.17. The molecule has 0 aliphatic carbocycles. The molecule has 12 heteroatoms. The minimum absolute atomic E-state index is 0.122. The summed E-state index contributed by atoms with van der Waals surface area (Å²) in [6.07, 6.45) is -8.95. The van der Waals surface area contributed by atoms with Crippen molar-refractivity contribution in [3.05, 3.63) is 63.6 Å². The lowest BCUT2D eigenvalue weighted by Gasteiger charge is -2.17. The van der Waals surface area contributed by atoms with Crippen LogP contribution >= 0.6 is 11.8 Å². The van der Waals surface area contributed by atoms with Crippen LogP contribution in [0.1, 0.15) is 22.3 Å². The number of thioether (sulfide) groups is 1. The van der Waals surface area contributed by atoms with Gasteiger partial charge in [0.05, 0.1) is 27.7 Å². The summed E-state index contributed by atoms with van der Waals surface area (Å²) in [7, 11) is 0. The molecule has 2 amide bonds. The van der Waals surface area contributed by atoms with E-state index in [9.17, 15) is 35.9 Å². The third kappa shape index (κ3) is 5.00. The van der Waals surface area contributed by atoms with Crippen molar-refractivity contribution in [3.63, 3.8) is 0 Å². The van der Waals surface area contributed by atoms with Gasteiger partial charge in [-0.25, -0.2) is 0 Å². The molecule has 1 aliphatic heterocycles. The average Bonchev–Trinajstić information content (AvgIpc) is 2.98. The van der Waals surface area contributed by atoms with Gasteiger partial charge in [0.2, 0.25) is 0 Å². The summed E-state index contributed by atoms with van der Waals surface area (Å²) < 4.78 is 85.4. The van der Waals surface area contributed by atoms with Gasteiger partial charge in [-0.3, -0.25) is 14.9 Å². The standard InChI is InChI=1S/C19H8F6N2O3S/c20-18(21,22)11-5-9(7-15-16(28)27-17(29)31-15)1-3-13(11)30-14-4-2-10(8-26)6-12(14)19(23,24)25/h1-7H,(H,27,28,29). The maximum Gasteiger partial charge on any atom is 0.420 e. The fourth-order valence-electron chi connectivity index (χ4n) is 2.55. The van der Waals surface area contributed by atoms with E-state index in [-0.39, 0.29) is 16.0 Å². The Balaban J connectivity index is 2.05. The topological polar surface area (TPSA) is 79.2 Å². The van der Waals surface area contributed by atoms with Crippen molar-refractivity contribution in [2.75, 3.05) is 0 Å². The van der Waals surface area contributed by atoms with Crippen molar-refractivity contribution in [2.45, 2.75) is 12.4 Å². The summed E-state index contributed by atoms with van der Waals surface area (Å²) >= 11 is 0.494. The summed E-state index contributed by atoms with van der Waals surface area (Å²) in [5, 5.41) is 10.0. The Kier molecular flexibility index (Phi) is 5.73. The fourth-order valence-corrected chi connectivity index (χ4v) is 3.23. The van der Waals surface area contributed by atoms with E-state index in [1.54, 1.807) is 0 Å². The Morgan fingerprint density at radius 1 is 0.935 bits per heavy atom. The Labute approximate surface area is 174 Å². The number of rotatable bonds is 3. The molecule has 1 saturated heterocycles. The van der Waals surface area contributed by atoms with Crippen LogP contribution in [0.2, 0.25) is 0 Å². The first kappa shape index (κ1) is 22.2. The highest BCUT2D eigenvalue weighted by Gasteiger charge is 2.38. The molecule has 0 bridgehead atoms. The van der Waals surface area contributed by atoms with Crippen LogP contribution in [0.3, 0.4) is 0 Å². The minimum Gasteiger partial charge on any atom is -0.456 e. The van der Waals surface area contributed by atoms with Crippen molar-refractivity contribution >= 4 is 29.0 Å². The molecule has 160 valence electrons. The molecule has 0 unspecified atom stereocenters. The molecule has 1 fully saturated rings. The number of halogens is 6. The number of amides is 2. The van der Waals surface area contributed by atoms with Crippen LogP contribution in [0, 0.1) is 11.3 Å². The van der Waals surface area contributed by atoms with Crippen LogP contribution in [-0.2, 0) is 17.1 Å². The van der Waals surface area contributed by atoms with Gasteiger partial charge in [0.15, 0.2) is 0 Å². The highest BCUT2D eigenvalue weighted by atomic mass is 32.2. The van der Waals surface area contributed by atoms with Crippen LogP contribution in [0.5, 0.6) is 11.5 Å². The van der Waals surface area contributed by atoms with Gasteiger partial charge in [-0.2, -0.15) is 31.6 Å². The monoisotopic (exact) mass is 458 g/mol. The van der Waals surface area contributed by atoms with Crippen LogP contribution in [0.4, 0.5) is 31.1 Å². The van der Waals surface area contributed by atoms with Crippen molar-refractivity contribution in [1.82, 2.24) is 5.32 Å². The number of carbonyl (C=O) groups is 2. The number of hydrogen-bond acceptors (Lipinski definition) is 5. The number of nitrogens with zero attached hydrogens (tertiary/aromatic N) is 1. The molecule has 3 rings (SSSR count). The molecule has 5 nitrogen and oxygen atoms in total. The first-order valence-electron chi connectivity index (χ1n) is 8.14. The summed E-state index contributed by atoms with van der Waals surface area (Å²) in [5.74, 6) is -2.61. The zero-order chi connectivity index (χ0) is 23.0. The Hall–Kier alpha value is -3.46. The number of ether oxygens (including phenoxy) is 1. The number of nitriles is 1. The normalized spacial score (nSPS) is 15.7. The highest BCUT2D eigenvalue weighted by molar-refractivity contribution is 8.18. The van der Waals surface area contributed by atoms with E-state index < -0.39 is 46.1 Å². The Bertz CT molecular complexity index is 1150. The van der Waals surface area contributed by atoms with Crippen molar-refractivity contribution in [3.8, 4) is 17.6 Å². The van der Waals surface area contributed by atoms with E-state index in [1.165, 1.54) is 6.07 Å². The minimum atomic E-state index is -5.00. The van der Waals surface area contributed by atoms with E-state index in [0.717, 1.165) is 30.3 Å². The van der Waals surface area contributed by atoms with Gasteiger partial charge >= 0.3 is 12.4 Å². The molecule has 2 aromatic carbocycles. The second-order valence-corrected chi connectivity index (χ2v) is 7.04. The fraction of sp³-hybridized carbons (Fsp3) is 0.105. The number of alkyl halides is 6. The van der Waals surface area contributed by atoms with E-state index in [1.807, 2.05) is 5.32 Å². The van der Waals surface area contributed by atoms with Gasteiger partial charge in [0, 0.05) is 0 Å². The van der Waals surface area contributed by atoms with Crippen LogP contribution in [0.25, 0.3) is 6.08 Å². The second-order valence-electron chi connectivity index (χ2n) is 6.03. The Morgan fingerprint density at radius 3 is 2.03 bits per heavy atom. The molecule has 1 heterocycles. The van der Waals surface area contributed by atoms with E-state index in [0.29, 0.717) is 23.9 Å². The van der Waals surface area contributed by atoms with Gasteiger partial charge in [0.1, 0.15) is 11.5 Å². The van der Waals surface area contributed by atoms with Crippen LogP contribution < -0.4 is 10.1 Å². The first-order valence-corrected chi connectivity index (χ1v) is 8.95. The molecule has 0 radical (unpaired) electrons. The maximum absolute atomic E-state index is 13.5. The summed E-state index contributed by atoms with van der Waals surface area (Å²) in [4.78, 5) is 22.6. The van der Waals surface area contributed by atoms with Crippen LogP contribution in [0.15, 0.2) is 41.3 Å². The predicted octanol–water partition coefficient (Wildman–Crippen LogP) is 5.71. The van der Waals surface area contributed by atoms with E-state index in [4.69, 9.17) is 10.00 Å². The van der Waals surface area contributed by atoms with Gasteiger partial charge in [-0.1, -0.05) is 6.07 Å². The highest BCUT2D eigenvalue weighted by Crippen LogP contribution is 2.43. The zero-order valence-corrected chi connectivity index (χ0v) is 15.7. The number of imide groups is 1. The van der Waals surface area contributed by atoms with Gasteiger partial charge in [-0.15, -0.1) is 0 Å². The molecule has 31 heavy (non-hydrogen) atoms. The van der Waals surface area contributed by atoms with Gasteiger partial charge in [-0.05, 0) is 53.7 Å². The van der Waals surface area contributed by atoms with Gasteiger partial charge < -0.3 is 4.74 Å². The quantitative estimate of drug-likeness (QED) is 0.471. The molecule has 0 spiro atoms. The lowest BCUT2D eigenvalue weighted by atomic mass is 10.1. The maximum atomic E-state index is 13.5. The molecular formula is C19H8F6N2O3S. The third-order valence-electron chi connectivity index (χ3n) is 3.88. The summed E-state index contributed by atoms with van der Waals surface area (Å²) in [6, 6.07) is 6.18. The van der Waals surface area contributed by atoms with Gasteiger partial charge in [0.25, 0.3) is 11.1 Å². The Morgan fingerprint density at radius 2 is 1.52 bits per heavy atom. The van der Waals surface area contributed by atoms with E-state index >= 15 is 0 Å². The van der Waals surface area contributed by atoms with Crippen molar-refractivity contribution in [2.24, 2.45) is 0 Å². The molecule has 2 aromatic rings. The molecule has 1 N–H and O–H groups in total. The SMILES string of the molecule is N#Cc1ccc(Oc2ccc(C=C3SC(=O)NC3=O)cc2C(F)(F)F)c(C(F)(F)F)c1. The summed E-state index contributed by atoms with van der Waals surface area (Å²) in [5.41, 5.74) is -3.28. The largest absolute Gasteiger partial charge is 0.456 e. The van der Waals surface area contributed by atoms with Crippen molar-refractivity contribution < 1.29 is 40.7 Å². The molecular weight excluding hydrogens is 450 g/mol. The predicted molar refractivity (Wildman–Crippen MR) is 96.8 cm³/mol. The average molecular weight is 458 g/mol. The molecule has 0 saturated carbocycles. The third-order valence-corrected chi connectivity index (χ3v) is 4.69. The number of hydrogen-bond donors (Lipinski definition) is 1. The number of benzene rings is 2. The molecule has 1 aliphatic rings. The summed E-state index contributed by atoms with van der Waals surface area (Å²) in [6.45, 7) is 0. The molecule has 0 atom stereocenters. The zero-order valence-electron chi connectivity index (χ0n) is 14.9.